The average Bonchev–Trinajstić information content (AvgIpc) is 2.96. The van der Waals surface area contributed by atoms with Crippen LogP contribution in [-0.4, -0.2) is 18.4 Å². The summed E-state index contributed by atoms with van der Waals surface area (Å²) in [7, 11) is 1.42. The fourth-order valence-corrected chi connectivity index (χ4v) is 5.05. The molecule has 1 aliphatic carbocycles. The van der Waals surface area contributed by atoms with Crippen LogP contribution in [0.25, 0.3) is 0 Å². The fourth-order valence-electron chi connectivity index (χ4n) is 2.74. The number of ether oxygens (including phenoxy) is 1. The van der Waals surface area contributed by atoms with Crippen LogP contribution >= 0.6 is 41.5 Å². The summed E-state index contributed by atoms with van der Waals surface area (Å²) >= 11 is 3.29. The molecule has 1 heterocycles. The minimum atomic E-state index is -0.475. The lowest BCUT2D eigenvalue weighted by atomic mass is 9.94. The summed E-state index contributed by atoms with van der Waals surface area (Å²) < 4.78 is 19.5. The van der Waals surface area contributed by atoms with Gasteiger partial charge in [0.2, 0.25) is 0 Å². The molecule has 1 aromatic carbocycles. The molecule has 0 aliphatic heterocycles. The van der Waals surface area contributed by atoms with Crippen molar-refractivity contribution in [2.24, 2.45) is 0 Å². The van der Waals surface area contributed by atoms with Crippen LogP contribution in [0.15, 0.2) is 23.1 Å². The summed E-state index contributed by atoms with van der Waals surface area (Å²) in [5.41, 5.74) is 1.36. The molecular weight excluding hydrogens is 476 g/mol. The molecule has 0 spiro atoms. The molecular formula is C17H15FINO3S2. The third kappa shape index (κ3) is 3.85. The van der Waals surface area contributed by atoms with Crippen LogP contribution in [0.3, 0.4) is 0 Å². The van der Waals surface area contributed by atoms with E-state index in [0.29, 0.717) is 34.7 Å². The smallest absolute Gasteiger partial charge is 0.341 e. The molecule has 132 valence electrons. The molecule has 0 saturated carbocycles. The highest BCUT2D eigenvalue weighted by molar-refractivity contribution is 14.2. The molecule has 0 bridgehead atoms. The molecule has 8 heteroatoms. The van der Waals surface area contributed by atoms with Gasteiger partial charge in [-0.05, 0) is 43.5 Å². The van der Waals surface area contributed by atoms with Gasteiger partial charge in [0.15, 0.2) is 5.78 Å². The van der Waals surface area contributed by atoms with Gasteiger partial charge in [-0.25, -0.2) is 9.18 Å². The number of carbonyl (C=O) groups is 2. The minimum absolute atomic E-state index is 0.0296. The number of rotatable bonds is 5. The zero-order valence-electron chi connectivity index (χ0n) is 13.4. The minimum Gasteiger partial charge on any atom is -0.462 e. The van der Waals surface area contributed by atoms with Crippen molar-refractivity contribution in [1.82, 2.24) is 0 Å². The maximum absolute atomic E-state index is 14.3. The molecule has 0 saturated heterocycles. The third-order valence-corrected chi connectivity index (χ3v) is 6.99. The quantitative estimate of drug-likeness (QED) is 0.425. The van der Waals surface area contributed by atoms with Crippen LogP contribution in [0, 0.1) is 5.82 Å². The van der Waals surface area contributed by atoms with E-state index in [1.807, 2.05) is 0 Å². The van der Waals surface area contributed by atoms with Crippen LogP contribution in [0.2, 0.25) is 0 Å². The van der Waals surface area contributed by atoms with Crippen LogP contribution in [0.1, 0.15) is 45.4 Å². The first-order valence-corrected chi connectivity index (χ1v) is 11.9. The number of halogens is 2. The zero-order chi connectivity index (χ0) is 18.0. The number of fused-ring (bicyclic) bond motifs is 1. The van der Waals surface area contributed by atoms with Crippen molar-refractivity contribution in [1.29, 1.82) is 0 Å². The topological polar surface area (TPSA) is 55.4 Å². The number of carbonyl (C=O) groups excluding carboxylic acids is 2. The molecule has 0 unspecified atom stereocenters. The Kier molecular flexibility index (Phi) is 6.00. The van der Waals surface area contributed by atoms with Crippen LogP contribution in [0.5, 0.6) is 0 Å². The second-order valence-electron chi connectivity index (χ2n) is 5.45. The van der Waals surface area contributed by atoms with E-state index in [-0.39, 0.29) is 18.1 Å². The number of ketones is 1. The standard InChI is InChI=1S/C17H15FINO3S2/c1-2-23-17(22)14-10-4-3-5-13(21)15(10)24-16(14)20-12-7-6-9(25-19)8-11(12)18/h6-8,20H,2-5H2,1H3. The van der Waals surface area contributed by atoms with Crippen molar-refractivity contribution in [3.05, 3.63) is 40.0 Å². The van der Waals surface area contributed by atoms with Crippen LogP contribution in [0.4, 0.5) is 15.1 Å². The first kappa shape index (κ1) is 18.7. The van der Waals surface area contributed by atoms with Gasteiger partial charge in [0.05, 0.1) is 22.7 Å². The van der Waals surface area contributed by atoms with Gasteiger partial charge >= 0.3 is 5.97 Å². The van der Waals surface area contributed by atoms with Crippen molar-refractivity contribution in [2.75, 3.05) is 11.9 Å². The van der Waals surface area contributed by atoms with E-state index in [4.69, 9.17) is 4.74 Å². The number of esters is 1. The molecule has 0 fully saturated rings. The Hall–Kier alpha value is -1.13. The zero-order valence-corrected chi connectivity index (χ0v) is 17.1. The van der Waals surface area contributed by atoms with E-state index in [1.165, 1.54) is 26.3 Å². The van der Waals surface area contributed by atoms with Crippen molar-refractivity contribution >= 4 is 63.9 Å². The highest BCUT2D eigenvalue weighted by Gasteiger charge is 2.30. The molecule has 0 atom stereocenters. The molecule has 2 aromatic rings. The van der Waals surface area contributed by atoms with E-state index in [2.05, 4.69) is 26.5 Å². The monoisotopic (exact) mass is 491 g/mol. The molecule has 0 amide bonds. The molecule has 1 N–H and O–H groups in total. The third-order valence-electron chi connectivity index (χ3n) is 3.85. The van der Waals surface area contributed by atoms with Gasteiger partial charge in [-0.1, -0.05) is 8.93 Å². The van der Waals surface area contributed by atoms with E-state index in [0.717, 1.165) is 10.5 Å². The van der Waals surface area contributed by atoms with Crippen molar-refractivity contribution in [3.8, 4) is 0 Å². The summed E-state index contributed by atoms with van der Waals surface area (Å²) in [5, 5.41) is 3.45. The Labute approximate surface area is 165 Å². The van der Waals surface area contributed by atoms with E-state index in [1.54, 1.807) is 19.1 Å². The van der Waals surface area contributed by atoms with Crippen LogP contribution < -0.4 is 5.32 Å². The highest BCUT2D eigenvalue weighted by atomic mass is 127. The van der Waals surface area contributed by atoms with Gasteiger partial charge < -0.3 is 10.1 Å². The fraction of sp³-hybridized carbons (Fsp3) is 0.294. The maximum atomic E-state index is 14.3. The molecule has 1 aliphatic rings. The average molecular weight is 491 g/mol. The van der Waals surface area contributed by atoms with Gasteiger partial charge in [-0.2, -0.15) is 0 Å². The first-order valence-electron chi connectivity index (χ1n) is 7.76. The summed E-state index contributed by atoms with van der Waals surface area (Å²) in [6.45, 7) is 1.97. The van der Waals surface area contributed by atoms with Gasteiger partial charge in [-0.15, -0.1) is 11.3 Å². The molecule has 4 nitrogen and oxygen atoms in total. The number of hydrogen-bond donors (Lipinski definition) is 1. The van der Waals surface area contributed by atoms with E-state index >= 15 is 0 Å². The first-order chi connectivity index (χ1) is 12.0. The number of Topliss-reactive ketones (excluding diaryl/α,β-unsaturated/α-hetero) is 1. The summed E-state index contributed by atoms with van der Waals surface area (Å²) in [6, 6.07) is 4.86. The van der Waals surface area contributed by atoms with Gasteiger partial charge in [-0.3, -0.25) is 4.79 Å². The van der Waals surface area contributed by atoms with Crippen LogP contribution in [-0.2, 0) is 11.2 Å². The molecule has 25 heavy (non-hydrogen) atoms. The lowest BCUT2D eigenvalue weighted by Crippen LogP contribution is -2.13. The predicted molar refractivity (Wildman–Crippen MR) is 107 cm³/mol. The maximum Gasteiger partial charge on any atom is 0.341 e. The number of hydrogen-bond acceptors (Lipinski definition) is 6. The Morgan fingerprint density at radius 3 is 2.92 bits per heavy atom. The number of nitrogens with one attached hydrogen (secondary N) is 1. The van der Waals surface area contributed by atoms with Gasteiger partial charge in [0.1, 0.15) is 10.8 Å². The lowest BCUT2D eigenvalue weighted by molar-refractivity contribution is 0.0527. The van der Waals surface area contributed by atoms with Crippen molar-refractivity contribution in [2.45, 2.75) is 31.1 Å². The largest absolute Gasteiger partial charge is 0.462 e. The molecule has 3 rings (SSSR count). The van der Waals surface area contributed by atoms with E-state index in [9.17, 15) is 14.0 Å². The number of thiophene rings is 1. The SMILES string of the molecule is CCOC(=O)c1c(Nc2ccc(SI)cc2F)sc2c1CCCC2=O. The van der Waals surface area contributed by atoms with E-state index < -0.39 is 11.8 Å². The predicted octanol–water partition coefficient (Wildman–Crippen LogP) is 5.77. The second kappa shape index (κ2) is 8.05. The number of benzene rings is 1. The van der Waals surface area contributed by atoms with Gasteiger partial charge in [0, 0.05) is 32.5 Å². The summed E-state index contributed by atoms with van der Waals surface area (Å²) in [4.78, 5) is 26.0. The Morgan fingerprint density at radius 2 is 2.24 bits per heavy atom. The summed E-state index contributed by atoms with van der Waals surface area (Å²) in [5.74, 6) is -0.854. The Morgan fingerprint density at radius 1 is 1.44 bits per heavy atom. The van der Waals surface area contributed by atoms with Crippen molar-refractivity contribution < 1.29 is 18.7 Å². The van der Waals surface area contributed by atoms with Crippen molar-refractivity contribution in [3.63, 3.8) is 0 Å². The summed E-state index contributed by atoms with van der Waals surface area (Å²) in [6.07, 6.45) is 1.84. The van der Waals surface area contributed by atoms with Gasteiger partial charge in [0.25, 0.3) is 0 Å². The molecule has 1 aromatic heterocycles. The highest BCUT2D eigenvalue weighted by Crippen LogP contribution is 2.40. The second-order valence-corrected chi connectivity index (χ2v) is 8.42. The lowest BCUT2D eigenvalue weighted by Gasteiger charge is -2.12. The number of anilines is 2. The normalized spacial score (nSPS) is 13.5. The Bertz CT molecular complexity index is 838. The Balaban J connectivity index is 2.03. The molecule has 0 radical (unpaired) electrons.